The molecular formula is C22H27ClN2O. The maximum Gasteiger partial charge on any atom is 0.251 e. The lowest BCUT2D eigenvalue weighted by Crippen LogP contribution is -2.36. The van der Waals surface area contributed by atoms with Crippen LogP contribution in [0.5, 0.6) is 0 Å². The van der Waals surface area contributed by atoms with Crippen LogP contribution in [0.15, 0.2) is 42.5 Å². The van der Waals surface area contributed by atoms with Gasteiger partial charge in [-0.3, -0.25) is 9.69 Å². The highest BCUT2D eigenvalue weighted by atomic mass is 35.5. The number of hydrogen-bond acceptors (Lipinski definition) is 2. The maximum absolute atomic E-state index is 12.2. The van der Waals surface area contributed by atoms with Crippen molar-refractivity contribution in [1.29, 1.82) is 0 Å². The second kappa shape index (κ2) is 8.24. The summed E-state index contributed by atoms with van der Waals surface area (Å²) >= 11 is 0. The van der Waals surface area contributed by atoms with Crippen molar-refractivity contribution >= 4 is 18.3 Å². The third-order valence-corrected chi connectivity index (χ3v) is 5.60. The monoisotopic (exact) mass is 370 g/mol. The Labute approximate surface area is 162 Å². The van der Waals surface area contributed by atoms with Crippen LogP contribution in [-0.4, -0.2) is 30.4 Å². The van der Waals surface area contributed by atoms with Crippen molar-refractivity contribution in [2.45, 2.75) is 38.6 Å². The van der Waals surface area contributed by atoms with Gasteiger partial charge in [-0.15, -0.1) is 12.4 Å². The summed E-state index contributed by atoms with van der Waals surface area (Å²) in [5, 5.41) is 3.07. The molecule has 0 bridgehead atoms. The summed E-state index contributed by atoms with van der Waals surface area (Å²) in [6.07, 6.45) is 4.64. The third kappa shape index (κ3) is 3.79. The van der Waals surface area contributed by atoms with Gasteiger partial charge in [0.25, 0.3) is 5.91 Å². The molecule has 0 spiro atoms. The molecule has 3 nitrogen and oxygen atoms in total. The fourth-order valence-corrected chi connectivity index (χ4v) is 4.39. The zero-order valence-corrected chi connectivity index (χ0v) is 16.1. The van der Waals surface area contributed by atoms with Crippen LogP contribution < -0.4 is 5.32 Å². The molecule has 0 radical (unpaired) electrons. The Morgan fingerprint density at radius 1 is 1.15 bits per heavy atom. The van der Waals surface area contributed by atoms with E-state index in [0.717, 1.165) is 43.6 Å². The van der Waals surface area contributed by atoms with Crippen LogP contribution in [0.3, 0.4) is 0 Å². The van der Waals surface area contributed by atoms with Gasteiger partial charge < -0.3 is 5.32 Å². The van der Waals surface area contributed by atoms with Gasteiger partial charge in [0.15, 0.2) is 0 Å². The molecule has 4 heteroatoms. The Hall–Kier alpha value is -1.84. The molecular weight excluding hydrogens is 344 g/mol. The van der Waals surface area contributed by atoms with Crippen LogP contribution in [0, 0.1) is 6.92 Å². The lowest BCUT2D eigenvalue weighted by Gasteiger charge is -2.35. The van der Waals surface area contributed by atoms with E-state index in [1.807, 2.05) is 31.2 Å². The molecule has 1 aliphatic heterocycles. The maximum atomic E-state index is 12.2. The number of benzene rings is 2. The average Bonchev–Trinajstić information content (AvgIpc) is 3.06. The van der Waals surface area contributed by atoms with E-state index in [2.05, 4.69) is 28.4 Å². The predicted molar refractivity (Wildman–Crippen MR) is 108 cm³/mol. The van der Waals surface area contributed by atoms with Crippen molar-refractivity contribution in [2.75, 3.05) is 19.6 Å². The topological polar surface area (TPSA) is 32.3 Å². The second-order valence-corrected chi connectivity index (χ2v) is 7.31. The van der Waals surface area contributed by atoms with E-state index in [4.69, 9.17) is 0 Å². The van der Waals surface area contributed by atoms with E-state index in [0.29, 0.717) is 6.04 Å². The molecule has 2 aliphatic rings. The van der Waals surface area contributed by atoms with E-state index >= 15 is 0 Å². The van der Waals surface area contributed by atoms with Gasteiger partial charge in [0.05, 0.1) is 0 Å². The Kier molecular flexibility index (Phi) is 6.00. The first kappa shape index (κ1) is 18.9. The number of halogens is 1. The molecule has 0 saturated heterocycles. The minimum Gasteiger partial charge on any atom is -0.352 e. The summed E-state index contributed by atoms with van der Waals surface area (Å²) in [7, 11) is 0. The van der Waals surface area contributed by atoms with Crippen LogP contribution in [0.2, 0.25) is 0 Å². The number of carbonyl (C=O) groups excluding carboxylic acids is 1. The van der Waals surface area contributed by atoms with Gasteiger partial charge in [-0.25, -0.2) is 0 Å². The molecule has 1 N–H and O–H groups in total. The first-order valence-electron chi connectivity index (χ1n) is 9.42. The fourth-order valence-electron chi connectivity index (χ4n) is 4.39. The van der Waals surface area contributed by atoms with Crippen LogP contribution in [0.1, 0.15) is 51.5 Å². The SMILES string of the molecule is Cc1cccc(C(=O)NCCCN2CCc3cccc4c3C2CC4)c1.Cl. The third-order valence-electron chi connectivity index (χ3n) is 5.60. The molecule has 1 amide bonds. The summed E-state index contributed by atoms with van der Waals surface area (Å²) in [5.41, 5.74) is 6.60. The van der Waals surface area contributed by atoms with Crippen molar-refractivity contribution in [3.63, 3.8) is 0 Å². The number of aryl methyl sites for hydroxylation is 2. The number of nitrogens with one attached hydrogen (secondary N) is 1. The lowest BCUT2D eigenvalue weighted by molar-refractivity contribution is 0.0949. The molecule has 1 aliphatic carbocycles. The molecule has 1 atom stereocenters. The highest BCUT2D eigenvalue weighted by Crippen LogP contribution is 2.41. The Bertz CT molecular complexity index is 789. The van der Waals surface area contributed by atoms with Gasteiger partial charge in [-0.05, 0) is 61.4 Å². The molecule has 0 fully saturated rings. The summed E-state index contributed by atoms with van der Waals surface area (Å²) in [6, 6.07) is 15.2. The van der Waals surface area contributed by atoms with Crippen LogP contribution in [-0.2, 0) is 12.8 Å². The van der Waals surface area contributed by atoms with Gasteiger partial charge >= 0.3 is 0 Å². The Balaban J connectivity index is 0.00000196. The number of amides is 1. The molecule has 138 valence electrons. The van der Waals surface area contributed by atoms with Gasteiger partial charge in [0.2, 0.25) is 0 Å². The van der Waals surface area contributed by atoms with Crippen molar-refractivity contribution in [3.05, 3.63) is 70.3 Å². The minimum atomic E-state index is 0. The molecule has 1 unspecified atom stereocenters. The zero-order valence-electron chi connectivity index (χ0n) is 15.3. The minimum absolute atomic E-state index is 0. The van der Waals surface area contributed by atoms with E-state index in [-0.39, 0.29) is 18.3 Å². The van der Waals surface area contributed by atoms with E-state index in [1.165, 1.54) is 12.8 Å². The zero-order chi connectivity index (χ0) is 17.2. The highest BCUT2D eigenvalue weighted by molar-refractivity contribution is 5.94. The van der Waals surface area contributed by atoms with Crippen molar-refractivity contribution < 1.29 is 4.79 Å². The van der Waals surface area contributed by atoms with E-state index in [1.54, 1.807) is 16.7 Å². The number of rotatable bonds is 5. The summed E-state index contributed by atoms with van der Waals surface area (Å²) in [4.78, 5) is 14.8. The van der Waals surface area contributed by atoms with Gasteiger partial charge in [-0.1, -0.05) is 35.9 Å². The number of hydrogen-bond donors (Lipinski definition) is 1. The second-order valence-electron chi connectivity index (χ2n) is 7.31. The molecule has 2 aromatic carbocycles. The van der Waals surface area contributed by atoms with Gasteiger partial charge in [-0.2, -0.15) is 0 Å². The van der Waals surface area contributed by atoms with Crippen LogP contribution in [0.4, 0.5) is 0 Å². The first-order valence-corrected chi connectivity index (χ1v) is 9.42. The number of nitrogens with zero attached hydrogens (tertiary/aromatic N) is 1. The normalized spacial score (nSPS) is 18.1. The number of carbonyl (C=O) groups is 1. The van der Waals surface area contributed by atoms with Gasteiger partial charge in [0, 0.05) is 31.2 Å². The highest BCUT2D eigenvalue weighted by Gasteiger charge is 2.32. The lowest BCUT2D eigenvalue weighted by atomic mass is 9.93. The predicted octanol–water partition coefficient (Wildman–Crippen LogP) is 4.08. The summed E-state index contributed by atoms with van der Waals surface area (Å²) in [6.45, 7) is 4.96. The summed E-state index contributed by atoms with van der Waals surface area (Å²) < 4.78 is 0. The molecule has 26 heavy (non-hydrogen) atoms. The molecule has 0 aromatic heterocycles. The fraction of sp³-hybridized carbons (Fsp3) is 0.409. The quantitative estimate of drug-likeness (QED) is 0.804. The first-order chi connectivity index (χ1) is 12.2. The summed E-state index contributed by atoms with van der Waals surface area (Å²) in [5.74, 6) is 0.0378. The van der Waals surface area contributed by atoms with Crippen molar-refractivity contribution in [2.24, 2.45) is 0 Å². The Morgan fingerprint density at radius 2 is 1.92 bits per heavy atom. The molecule has 2 aromatic rings. The smallest absolute Gasteiger partial charge is 0.251 e. The molecule has 4 rings (SSSR count). The molecule has 1 heterocycles. The van der Waals surface area contributed by atoms with E-state index in [9.17, 15) is 4.79 Å². The van der Waals surface area contributed by atoms with Crippen molar-refractivity contribution in [1.82, 2.24) is 10.2 Å². The van der Waals surface area contributed by atoms with Crippen molar-refractivity contribution in [3.8, 4) is 0 Å². The standard InChI is InChI=1S/C22H26N2O.ClH/c1-16-5-2-8-19(15-16)22(25)23-12-4-13-24-14-11-18-7-3-6-17-9-10-20(24)21(17)18;/h2-3,5-8,15,20H,4,9-14H2,1H3,(H,23,25);1H. The van der Waals surface area contributed by atoms with Crippen LogP contribution >= 0.6 is 12.4 Å². The average molecular weight is 371 g/mol. The largest absolute Gasteiger partial charge is 0.352 e. The Morgan fingerprint density at radius 3 is 2.73 bits per heavy atom. The van der Waals surface area contributed by atoms with Gasteiger partial charge in [0.1, 0.15) is 0 Å². The molecule has 0 saturated carbocycles. The van der Waals surface area contributed by atoms with E-state index < -0.39 is 0 Å². The van der Waals surface area contributed by atoms with Crippen LogP contribution in [0.25, 0.3) is 0 Å².